The maximum atomic E-state index is 14.8. The summed E-state index contributed by atoms with van der Waals surface area (Å²) >= 11 is 0. The van der Waals surface area contributed by atoms with E-state index in [1.54, 1.807) is 12.3 Å². The Bertz CT molecular complexity index is 471. The van der Waals surface area contributed by atoms with Gasteiger partial charge in [0.25, 0.3) is 0 Å². The van der Waals surface area contributed by atoms with Crippen LogP contribution < -0.4 is 10.2 Å². The van der Waals surface area contributed by atoms with Gasteiger partial charge in [-0.3, -0.25) is 0 Å². The van der Waals surface area contributed by atoms with Gasteiger partial charge in [-0.05, 0) is 44.2 Å². The smallest absolute Gasteiger partial charge is 0.170 e. The molecule has 1 N–H and O–H groups in total. The van der Waals surface area contributed by atoms with Gasteiger partial charge in [0.2, 0.25) is 0 Å². The number of hydrogen-bond donors (Lipinski definition) is 1. The van der Waals surface area contributed by atoms with E-state index in [1.807, 2.05) is 6.92 Å². The highest BCUT2D eigenvalue weighted by molar-refractivity contribution is 5.45. The molecule has 3 nitrogen and oxygen atoms in total. The second kappa shape index (κ2) is 6.73. The van der Waals surface area contributed by atoms with Crippen LogP contribution in [0.5, 0.6) is 0 Å². The summed E-state index contributed by atoms with van der Waals surface area (Å²) in [6.45, 7) is 4.43. The van der Waals surface area contributed by atoms with E-state index in [0.29, 0.717) is 18.4 Å². The van der Waals surface area contributed by atoms with Crippen molar-refractivity contribution in [3.8, 4) is 0 Å². The first-order valence-electron chi connectivity index (χ1n) is 8.42. The largest absolute Gasteiger partial charge is 0.351 e. The van der Waals surface area contributed by atoms with E-state index in [1.165, 1.54) is 38.5 Å². The second-order valence-corrected chi connectivity index (χ2v) is 6.34. The Morgan fingerprint density at radius 3 is 2.86 bits per heavy atom. The van der Waals surface area contributed by atoms with E-state index in [-0.39, 0.29) is 5.82 Å². The third-order valence-corrected chi connectivity index (χ3v) is 5.03. The molecule has 2 fully saturated rings. The van der Waals surface area contributed by atoms with Gasteiger partial charge in [0, 0.05) is 30.9 Å². The van der Waals surface area contributed by atoms with E-state index in [4.69, 9.17) is 0 Å². The number of aromatic nitrogens is 1. The van der Waals surface area contributed by atoms with Crippen molar-refractivity contribution in [2.45, 2.75) is 58.0 Å². The topological polar surface area (TPSA) is 28.2 Å². The number of hydrogen-bond acceptors (Lipinski definition) is 3. The minimum absolute atomic E-state index is 0.122. The summed E-state index contributed by atoms with van der Waals surface area (Å²) in [6.07, 6.45) is 9.41. The Balaban J connectivity index is 1.81. The molecule has 21 heavy (non-hydrogen) atoms. The summed E-state index contributed by atoms with van der Waals surface area (Å²) < 4.78 is 14.8. The molecule has 0 spiro atoms. The Morgan fingerprint density at radius 2 is 2.10 bits per heavy atom. The van der Waals surface area contributed by atoms with Crippen molar-refractivity contribution >= 4 is 5.82 Å². The zero-order valence-electron chi connectivity index (χ0n) is 12.9. The molecule has 116 valence electrons. The molecule has 1 saturated heterocycles. The molecular formula is C17H26FN3. The molecule has 1 aromatic heterocycles. The first-order valence-corrected chi connectivity index (χ1v) is 8.42. The number of rotatable bonds is 5. The normalized spacial score (nSPS) is 23.1. The summed E-state index contributed by atoms with van der Waals surface area (Å²) in [5, 5.41) is 3.20. The fourth-order valence-corrected chi connectivity index (χ4v) is 3.96. The molecule has 1 aliphatic heterocycles. The lowest BCUT2D eigenvalue weighted by Crippen LogP contribution is -2.36. The summed E-state index contributed by atoms with van der Waals surface area (Å²) in [4.78, 5) is 6.62. The van der Waals surface area contributed by atoms with Gasteiger partial charge in [-0.25, -0.2) is 9.37 Å². The van der Waals surface area contributed by atoms with Crippen LogP contribution in [0.3, 0.4) is 0 Å². The Kier molecular flexibility index (Phi) is 4.73. The van der Waals surface area contributed by atoms with E-state index >= 15 is 0 Å². The van der Waals surface area contributed by atoms with E-state index in [0.717, 1.165) is 24.6 Å². The van der Waals surface area contributed by atoms with Crippen molar-refractivity contribution in [1.29, 1.82) is 0 Å². The van der Waals surface area contributed by atoms with Gasteiger partial charge in [0.1, 0.15) is 0 Å². The van der Waals surface area contributed by atoms with E-state index in [2.05, 4.69) is 15.2 Å². The molecule has 2 aliphatic rings. The molecule has 0 amide bonds. The summed E-state index contributed by atoms with van der Waals surface area (Å²) in [5.41, 5.74) is 0.735. The summed E-state index contributed by atoms with van der Waals surface area (Å²) in [7, 11) is 0. The van der Waals surface area contributed by atoms with Gasteiger partial charge in [0.05, 0.1) is 0 Å². The van der Waals surface area contributed by atoms with Gasteiger partial charge >= 0.3 is 0 Å². The van der Waals surface area contributed by atoms with Crippen LogP contribution in [0.4, 0.5) is 10.2 Å². The van der Waals surface area contributed by atoms with E-state index in [9.17, 15) is 4.39 Å². The number of nitrogens with zero attached hydrogens (tertiary/aromatic N) is 2. The first-order chi connectivity index (χ1) is 10.3. The highest BCUT2D eigenvalue weighted by Gasteiger charge is 2.35. The first kappa shape index (κ1) is 14.8. The van der Waals surface area contributed by atoms with Gasteiger partial charge in [-0.1, -0.05) is 19.8 Å². The van der Waals surface area contributed by atoms with E-state index < -0.39 is 0 Å². The molecule has 1 aromatic rings. The van der Waals surface area contributed by atoms with Gasteiger partial charge < -0.3 is 10.2 Å². The Hall–Kier alpha value is -1.16. The summed E-state index contributed by atoms with van der Waals surface area (Å²) in [5.74, 6) is 1.20. The Morgan fingerprint density at radius 1 is 1.29 bits per heavy atom. The minimum atomic E-state index is -0.122. The minimum Gasteiger partial charge on any atom is -0.351 e. The fourth-order valence-electron chi connectivity index (χ4n) is 3.96. The monoisotopic (exact) mass is 291 g/mol. The van der Waals surface area contributed by atoms with Crippen LogP contribution >= 0.6 is 0 Å². The molecule has 1 saturated carbocycles. The number of pyridine rings is 1. The van der Waals surface area contributed by atoms with Crippen LogP contribution in [-0.4, -0.2) is 24.1 Å². The van der Waals surface area contributed by atoms with Crippen molar-refractivity contribution in [2.24, 2.45) is 5.92 Å². The molecule has 4 heteroatoms. The van der Waals surface area contributed by atoms with Crippen molar-refractivity contribution in [3.63, 3.8) is 0 Å². The lowest BCUT2D eigenvalue weighted by atomic mass is 9.96. The molecular weight excluding hydrogens is 265 g/mol. The van der Waals surface area contributed by atoms with Crippen molar-refractivity contribution in [2.75, 3.05) is 18.0 Å². The number of nitrogens with one attached hydrogen (secondary N) is 1. The molecule has 0 bridgehead atoms. The number of anilines is 1. The molecule has 0 radical (unpaired) electrons. The van der Waals surface area contributed by atoms with Crippen LogP contribution in [-0.2, 0) is 6.54 Å². The summed E-state index contributed by atoms with van der Waals surface area (Å²) in [6, 6.07) is 2.30. The lowest BCUT2D eigenvalue weighted by molar-refractivity contribution is 0.425. The second-order valence-electron chi connectivity index (χ2n) is 6.34. The van der Waals surface area contributed by atoms with Crippen molar-refractivity contribution in [3.05, 3.63) is 23.6 Å². The molecule has 0 aromatic carbocycles. The van der Waals surface area contributed by atoms with Gasteiger partial charge in [-0.15, -0.1) is 0 Å². The molecule has 1 aliphatic carbocycles. The zero-order valence-corrected chi connectivity index (χ0v) is 12.9. The standard InChI is InChI=1S/C17H26FN3/c1-2-19-12-14-9-10-20-17(16(14)18)21-11-5-8-15(21)13-6-3-4-7-13/h9-10,13,15,19H,2-8,11-12H2,1H3. The maximum Gasteiger partial charge on any atom is 0.170 e. The van der Waals surface area contributed by atoms with Crippen LogP contribution in [0.2, 0.25) is 0 Å². The average molecular weight is 291 g/mol. The number of halogens is 1. The molecule has 1 atom stereocenters. The van der Waals surface area contributed by atoms with Gasteiger partial charge in [-0.2, -0.15) is 0 Å². The molecule has 3 rings (SSSR count). The Labute approximate surface area is 126 Å². The van der Waals surface area contributed by atoms with Crippen LogP contribution in [0.25, 0.3) is 0 Å². The fraction of sp³-hybridized carbons (Fsp3) is 0.706. The van der Waals surface area contributed by atoms with Crippen LogP contribution in [0.1, 0.15) is 51.0 Å². The molecule has 1 unspecified atom stereocenters. The lowest BCUT2D eigenvalue weighted by Gasteiger charge is -2.31. The zero-order chi connectivity index (χ0) is 14.7. The highest BCUT2D eigenvalue weighted by atomic mass is 19.1. The van der Waals surface area contributed by atoms with Crippen LogP contribution in [0.15, 0.2) is 12.3 Å². The van der Waals surface area contributed by atoms with Crippen molar-refractivity contribution < 1.29 is 4.39 Å². The van der Waals surface area contributed by atoms with Gasteiger partial charge in [0.15, 0.2) is 11.6 Å². The predicted molar refractivity (Wildman–Crippen MR) is 83.9 cm³/mol. The van der Waals surface area contributed by atoms with Crippen molar-refractivity contribution in [1.82, 2.24) is 10.3 Å². The quantitative estimate of drug-likeness (QED) is 0.900. The third-order valence-electron chi connectivity index (χ3n) is 5.03. The highest BCUT2D eigenvalue weighted by Crippen LogP contribution is 2.38. The SMILES string of the molecule is CCNCc1ccnc(N2CCCC2C2CCCC2)c1F. The third kappa shape index (κ3) is 3.05. The average Bonchev–Trinajstić information content (AvgIpc) is 3.16. The molecule has 2 heterocycles. The predicted octanol–water partition coefficient (Wildman–Crippen LogP) is 3.49. The maximum absolute atomic E-state index is 14.8. The van der Waals surface area contributed by atoms with Crippen LogP contribution in [0, 0.1) is 11.7 Å².